The monoisotopic (exact) mass is 341 g/mol. The summed E-state index contributed by atoms with van der Waals surface area (Å²) in [4.78, 5) is 11.5. The van der Waals surface area contributed by atoms with Crippen LogP contribution in [0.1, 0.15) is 49.5 Å². The standard InChI is InChI=1S/C16H24BrNO2/c1-5-12(6-2)11(3)18-10-14-8-7-13(9-15(14)17)16(19)20-4/h7-9,11-12,18H,5-6,10H2,1-4H3. The van der Waals surface area contributed by atoms with E-state index in [1.165, 1.54) is 20.0 Å². The molecule has 0 aromatic heterocycles. The molecule has 0 aliphatic rings. The van der Waals surface area contributed by atoms with Gasteiger partial charge in [-0.15, -0.1) is 0 Å². The molecule has 0 saturated carbocycles. The van der Waals surface area contributed by atoms with Crippen molar-refractivity contribution in [3.63, 3.8) is 0 Å². The Hall–Kier alpha value is -0.870. The van der Waals surface area contributed by atoms with E-state index in [9.17, 15) is 4.79 Å². The molecule has 3 nitrogen and oxygen atoms in total. The van der Waals surface area contributed by atoms with Gasteiger partial charge in [-0.25, -0.2) is 4.79 Å². The maximum atomic E-state index is 11.5. The molecule has 20 heavy (non-hydrogen) atoms. The maximum Gasteiger partial charge on any atom is 0.337 e. The number of carbonyl (C=O) groups excluding carboxylic acids is 1. The van der Waals surface area contributed by atoms with E-state index < -0.39 is 0 Å². The molecule has 0 heterocycles. The van der Waals surface area contributed by atoms with Crippen LogP contribution in [0.3, 0.4) is 0 Å². The molecule has 1 N–H and O–H groups in total. The average molecular weight is 342 g/mol. The molecule has 1 aromatic carbocycles. The Morgan fingerprint density at radius 1 is 1.35 bits per heavy atom. The van der Waals surface area contributed by atoms with Crippen LogP contribution in [0.15, 0.2) is 22.7 Å². The van der Waals surface area contributed by atoms with Gasteiger partial charge in [0.25, 0.3) is 0 Å². The molecular formula is C16H24BrNO2. The van der Waals surface area contributed by atoms with Gasteiger partial charge in [-0.3, -0.25) is 0 Å². The first kappa shape index (κ1) is 17.2. The van der Waals surface area contributed by atoms with Crippen molar-refractivity contribution >= 4 is 21.9 Å². The van der Waals surface area contributed by atoms with E-state index in [0.29, 0.717) is 17.5 Å². The summed E-state index contributed by atoms with van der Waals surface area (Å²) in [6.07, 6.45) is 2.38. The van der Waals surface area contributed by atoms with E-state index in [1.807, 2.05) is 12.1 Å². The summed E-state index contributed by atoms with van der Waals surface area (Å²) in [5.41, 5.74) is 1.71. The van der Waals surface area contributed by atoms with Crippen LogP contribution in [0.25, 0.3) is 0 Å². The molecule has 0 saturated heterocycles. The molecule has 0 aliphatic carbocycles. The Labute approximate surface area is 130 Å². The first-order valence-electron chi connectivity index (χ1n) is 7.13. The molecule has 0 amide bonds. The van der Waals surface area contributed by atoms with Crippen LogP contribution in [0.5, 0.6) is 0 Å². The second kappa shape index (κ2) is 8.42. The summed E-state index contributed by atoms with van der Waals surface area (Å²) in [5.74, 6) is 0.388. The number of carbonyl (C=O) groups is 1. The first-order valence-corrected chi connectivity index (χ1v) is 7.92. The highest BCUT2D eigenvalue weighted by Crippen LogP contribution is 2.20. The van der Waals surface area contributed by atoms with Crippen molar-refractivity contribution in [2.45, 2.75) is 46.2 Å². The third-order valence-corrected chi connectivity index (χ3v) is 4.58. The molecule has 4 heteroatoms. The highest BCUT2D eigenvalue weighted by molar-refractivity contribution is 9.10. The Kier molecular flexibility index (Phi) is 7.24. The zero-order chi connectivity index (χ0) is 15.1. The van der Waals surface area contributed by atoms with Crippen LogP contribution in [-0.4, -0.2) is 19.1 Å². The summed E-state index contributed by atoms with van der Waals surface area (Å²) in [7, 11) is 1.39. The zero-order valence-electron chi connectivity index (χ0n) is 12.7. The van der Waals surface area contributed by atoms with Gasteiger partial charge in [0.15, 0.2) is 0 Å². The molecule has 0 spiro atoms. The van der Waals surface area contributed by atoms with Crippen LogP contribution >= 0.6 is 15.9 Å². The second-order valence-electron chi connectivity index (χ2n) is 5.04. The Balaban J connectivity index is 2.67. The number of halogens is 1. The average Bonchev–Trinajstić information content (AvgIpc) is 2.46. The van der Waals surface area contributed by atoms with Gasteiger partial charge < -0.3 is 10.1 Å². The molecule has 112 valence electrons. The Morgan fingerprint density at radius 3 is 2.50 bits per heavy atom. The van der Waals surface area contributed by atoms with Crippen molar-refractivity contribution in [3.05, 3.63) is 33.8 Å². The molecule has 1 rings (SSSR count). The molecule has 1 aromatic rings. The van der Waals surface area contributed by atoms with Gasteiger partial charge in [-0.05, 0) is 30.5 Å². The van der Waals surface area contributed by atoms with E-state index in [0.717, 1.165) is 16.6 Å². The predicted octanol–water partition coefficient (Wildman–Crippen LogP) is 4.15. The summed E-state index contributed by atoms with van der Waals surface area (Å²) in [5, 5.41) is 3.56. The van der Waals surface area contributed by atoms with Crippen LogP contribution in [0, 0.1) is 5.92 Å². The molecule has 1 atom stereocenters. The van der Waals surface area contributed by atoms with Crippen molar-refractivity contribution in [3.8, 4) is 0 Å². The topological polar surface area (TPSA) is 38.3 Å². The van der Waals surface area contributed by atoms with Gasteiger partial charge in [0, 0.05) is 17.1 Å². The highest BCUT2D eigenvalue weighted by Gasteiger charge is 2.14. The summed E-state index contributed by atoms with van der Waals surface area (Å²) < 4.78 is 5.65. The number of benzene rings is 1. The third-order valence-electron chi connectivity index (χ3n) is 3.84. The Morgan fingerprint density at radius 2 is 2.00 bits per heavy atom. The molecule has 0 bridgehead atoms. The van der Waals surface area contributed by atoms with E-state index >= 15 is 0 Å². The molecule has 0 fully saturated rings. The predicted molar refractivity (Wildman–Crippen MR) is 85.9 cm³/mol. The van der Waals surface area contributed by atoms with Crippen LogP contribution in [0.2, 0.25) is 0 Å². The number of nitrogens with one attached hydrogen (secondary N) is 1. The number of hydrogen-bond donors (Lipinski definition) is 1. The molecule has 1 unspecified atom stereocenters. The van der Waals surface area contributed by atoms with Crippen LogP contribution in [0.4, 0.5) is 0 Å². The number of esters is 1. The number of ether oxygens (including phenoxy) is 1. The van der Waals surface area contributed by atoms with Gasteiger partial charge in [0.05, 0.1) is 12.7 Å². The number of hydrogen-bond acceptors (Lipinski definition) is 3. The highest BCUT2D eigenvalue weighted by atomic mass is 79.9. The third kappa shape index (κ3) is 4.60. The molecule has 0 radical (unpaired) electrons. The first-order chi connectivity index (χ1) is 9.53. The van der Waals surface area contributed by atoms with Gasteiger partial charge in [-0.1, -0.05) is 48.7 Å². The lowest BCUT2D eigenvalue weighted by molar-refractivity contribution is 0.0600. The van der Waals surface area contributed by atoms with Crippen molar-refractivity contribution in [2.75, 3.05) is 7.11 Å². The maximum absolute atomic E-state index is 11.5. The van der Waals surface area contributed by atoms with Crippen LogP contribution < -0.4 is 5.32 Å². The van der Waals surface area contributed by atoms with Gasteiger partial charge >= 0.3 is 5.97 Å². The normalized spacial score (nSPS) is 12.5. The fourth-order valence-electron chi connectivity index (χ4n) is 2.37. The second-order valence-corrected chi connectivity index (χ2v) is 5.90. The van der Waals surface area contributed by atoms with Gasteiger partial charge in [0.2, 0.25) is 0 Å². The van der Waals surface area contributed by atoms with E-state index in [2.05, 4.69) is 42.0 Å². The van der Waals surface area contributed by atoms with Gasteiger partial charge in [-0.2, -0.15) is 0 Å². The van der Waals surface area contributed by atoms with E-state index in [1.54, 1.807) is 6.07 Å². The molecular weight excluding hydrogens is 318 g/mol. The fraction of sp³-hybridized carbons (Fsp3) is 0.562. The van der Waals surface area contributed by atoms with Crippen molar-refractivity contribution in [2.24, 2.45) is 5.92 Å². The number of methoxy groups -OCH3 is 1. The number of rotatable bonds is 7. The zero-order valence-corrected chi connectivity index (χ0v) is 14.3. The van der Waals surface area contributed by atoms with E-state index in [4.69, 9.17) is 4.74 Å². The Bertz CT molecular complexity index is 444. The minimum Gasteiger partial charge on any atom is -0.465 e. The minimum atomic E-state index is -0.310. The van der Waals surface area contributed by atoms with Crippen molar-refractivity contribution in [1.82, 2.24) is 5.32 Å². The lowest BCUT2D eigenvalue weighted by Crippen LogP contribution is -2.32. The van der Waals surface area contributed by atoms with Crippen LogP contribution in [-0.2, 0) is 11.3 Å². The summed E-state index contributed by atoms with van der Waals surface area (Å²) in [6, 6.07) is 6.06. The lowest BCUT2D eigenvalue weighted by atomic mass is 9.95. The SMILES string of the molecule is CCC(CC)C(C)NCc1ccc(C(=O)OC)cc1Br. The lowest BCUT2D eigenvalue weighted by Gasteiger charge is -2.23. The van der Waals surface area contributed by atoms with Crippen molar-refractivity contribution < 1.29 is 9.53 Å². The largest absolute Gasteiger partial charge is 0.465 e. The van der Waals surface area contributed by atoms with Crippen molar-refractivity contribution in [1.29, 1.82) is 0 Å². The summed E-state index contributed by atoms with van der Waals surface area (Å²) >= 11 is 3.52. The summed E-state index contributed by atoms with van der Waals surface area (Å²) in [6.45, 7) is 7.48. The van der Waals surface area contributed by atoms with Gasteiger partial charge in [0.1, 0.15) is 0 Å². The molecule has 0 aliphatic heterocycles. The minimum absolute atomic E-state index is 0.310. The van der Waals surface area contributed by atoms with E-state index in [-0.39, 0.29) is 5.97 Å². The fourth-order valence-corrected chi connectivity index (χ4v) is 2.89. The quantitative estimate of drug-likeness (QED) is 0.757. The smallest absolute Gasteiger partial charge is 0.337 e.